The van der Waals surface area contributed by atoms with Gasteiger partial charge in [-0.2, -0.15) is 0 Å². The van der Waals surface area contributed by atoms with Crippen molar-refractivity contribution in [3.05, 3.63) is 53.8 Å². The number of nitrogens with zero attached hydrogens (tertiary/aromatic N) is 1. The summed E-state index contributed by atoms with van der Waals surface area (Å²) in [6, 6.07) is 11.1. The van der Waals surface area contributed by atoms with Crippen LogP contribution in [0, 0.1) is 11.7 Å². The van der Waals surface area contributed by atoms with E-state index in [0.717, 1.165) is 0 Å². The maximum Gasteiger partial charge on any atom is 0.311 e. The monoisotopic (exact) mass is 373 g/mol. The molecule has 0 radical (unpaired) electrons. The molecular formula is C20H20FNO5. The Morgan fingerprint density at radius 1 is 1.19 bits per heavy atom. The number of benzene rings is 2. The Balaban J connectivity index is 1.65. The van der Waals surface area contributed by atoms with Gasteiger partial charge in [-0.1, -0.05) is 6.07 Å². The molecule has 1 fully saturated rings. The van der Waals surface area contributed by atoms with E-state index in [0.29, 0.717) is 22.7 Å². The topological polar surface area (TPSA) is 65.1 Å². The highest BCUT2D eigenvalue weighted by Crippen LogP contribution is 2.29. The van der Waals surface area contributed by atoms with Gasteiger partial charge in [0.25, 0.3) is 0 Å². The first-order valence-corrected chi connectivity index (χ1v) is 8.45. The van der Waals surface area contributed by atoms with Crippen molar-refractivity contribution in [3.8, 4) is 11.5 Å². The third-order valence-electron chi connectivity index (χ3n) is 4.44. The van der Waals surface area contributed by atoms with Crippen molar-refractivity contribution in [1.82, 2.24) is 0 Å². The van der Waals surface area contributed by atoms with Crippen LogP contribution in [0.4, 0.5) is 10.1 Å². The third kappa shape index (κ3) is 4.19. The molecule has 2 aromatic carbocycles. The summed E-state index contributed by atoms with van der Waals surface area (Å²) in [6.45, 7) is 0.106. The smallest absolute Gasteiger partial charge is 0.311 e. The summed E-state index contributed by atoms with van der Waals surface area (Å²) in [7, 11) is 3.01. The van der Waals surface area contributed by atoms with Gasteiger partial charge < -0.3 is 19.1 Å². The van der Waals surface area contributed by atoms with Crippen LogP contribution < -0.4 is 14.4 Å². The van der Waals surface area contributed by atoms with Gasteiger partial charge in [-0.25, -0.2) is 4.39 Å². The van der Waals surface area contributed by atoms with Crippen molar-refractivity contribution in [2.24, 2.45) is 5.92 Å². The predicted octanol–water partition coefficient (Wildman–Crippen LogP) is 2.94. The van der Waals surface area contributed by atoms with Crippen LogP contribution in [0.25, 0.3) is 0 Å². The zero-order valence-electron chi connectivity index (χ0n) is 15.1. The number of halogens is 1. The summed E-state index contributed by atoms with van der Waals surface area (Å²) in [5, 5.41) is 0. The van der Waals surface area contributed by atoms with Crippen LogP contribution in [0.2, 0.25) is 0 Å². The molecule has 1 aliphatic rings. The first kappa shape index (κ1) is 18.7. The molecule has 0 N–H and O–H groups in total. The van der Waals surface area contributed by atoms with Gasteiger partial charge in [0, 0.05) is 30.3 Å². The van der Waals surface area contributed by atoms with E-state index in [1.165, 1.54) is 30.2 Å². The van der Waals surface area contributed by atoms with Crippen molar-refractivity contribution >= 4 is 17.6 Å². The Morgan fingerprint density at radius 2 is 2.00 bits per heavy atom. The highest BCUT2D eigenvalue weighted by Gasteiger charge is 2.36. The van der Waals surface area contributed by atoms with Crippen molar-refractivity contribution < 1.29 is 28.2 Å². The largest absolute Gasteiger partial charge is 0.497 e. The zero-order chi connectivity index (χ0) is 19.4. The quantitative estimate of drug-likeness (QED) is 0.729. The molecule has 1 atom stereocenters. The summed E-state index contributed by atoms with van der Waals surface area (Å²) in [5.41, 5.74) is 1.10. The molecular weight excluding hydrogens is 353 g/mol. The molecule has 1 heterocycles. The molecule has 1 unspecified atom stereocenters. The van der Waals surface area contributed by atoms with Gasteiger partial charge in [0.1, 0.15) is 23.9 Å². The number of anilines is 1. The fraction of sp³-hybridized carbons (Fsp3) is 0.300. The van der Waals surface area contributed by atoms with E-state index in [1.54, 1.807) is 31.4 Å². The molecule has 0 saturated carbocycles. The molecule has 0 aliphatic carbocycles. The molecule has 0 bridgehead atoms. The molecule has 6 nitrogen and oxygen atoms in total. The Labute approximate surface area is 156 Å². The number of hydrogen-bond acceptors (Lipinski definition) is 5. The zero-order valence-corrected chi connectivity index (χ0v) is 15.1. The standard InChI is InChI=1S/C20H20FNO5/c1-25-17-5-3-4-16(10-17)22-11-13(9-19(22)23)20(24)27-12-14-8-15(21)6-7-18(14)26-2/h3-8,10,13H,9,11-12H2,1-2H3. The van der Waals surface area contributed by atoms with Crippen LogP contribution in [-0.4, -0.2) is 32.6 Å². The van der Waals surface area contributed by atoms with E-state index in [2.05, 4.69) is 0 Å². The van der Waals surface area contributed by atoms with E-state index >= 15 is 0 Å². The molecule has 1 aliphatic heterocycles. The van der Waals surface area contributed by atoms with Gasteiger partial charge in [0.2, 0.25) is 5.91 Å². The Kier molecular flexibility index (Phi) is 5.59. The van der Waals surface area contributed by atoms with Crippen LogP contribution in [-0.2, 0) is 20.9 Å². The summed E-state index contributed by atoms with van der Waals surface area (Å²) < 4.78 is 29.0. The predicted molar refractivity (Wildman–Crippen MR) is 96.2 cm³/mol. The van der Waals surface area contributed by atoms with Gasteiger partial charge in [0.15, 0.2) is 0 Å². The van der Waals surface area contributed by atoms with E-state index < -0.39 is 17.7 Å². The van der Waals surface area contributed by atoms with Crippen LogP contribution >= 0.6 is 0 Å². The third-order valence-corrected chi connectivity index (χ3v) is 4.44. The number of amides is 1. The first-order valence-electron chi connectivity index (χ1n) is 8.45. The Bertz CT molecular complexity index is 854. The lowest BCUT2D eigenvalue weighted by Gasteiger charge is -2.17. The second-order valence-electron chi connectivity index (χ2n) is 6.17. The van der Waals surface area contributed by atoms with Crippen LogP contribution in [0.15, 0.2) is 42.5 Å². The molecule has 7 heteroatoms. The Morgan fingerprint density at radius 3 is 2.74 bits per heavy atom. The van der Waals surface area contributed by atoms with E-state index in [4.69, 9.17) is 14.2 Å². The fourth-order valence-corrected chi connectivity index (χ4v) is 3.02. The molecule has 27 heavy (non-hydrogen) atoms. The van der Waals surface area contributed by atoms with Crippen molar-refractivity contribution in [1.29, 1.82) is 0 Å². The SMILES string of the molecule is COc1cccc(N2CC(C(=O)OCc3cc(F)ccc3OC)CC2=O)c1. The van der Waals surface area contributed by atoms with E-state index in [9.17, 15) is 14.0 Å². The summed E-state index contributed by atoms with van der Waals surface area (Å²) in [5.74, 6) is -0.617. The normalized spacial score (nSPS) is 16.3. The van der Waals surface area contributed by atoms with E-state index in [1.807, 2.05) is 0 Å². The Hall–Kier alpha value is -3.09. The number of ether oxygens (including phenoxy) is 3. The van der Waals surface area contributed by atoms with Crippen LogP contribution in [0.3, 0.4) is 0 Å². The highest BCUT2D eigenvalue weighted by atomic mass is 19.1. The second-order valence-corrected chi connectivity index (χ2v) is 6.17. The minimum atomic E-state index is -0.580. The molecule has 2 aromatic rings. The number of methoxy groups -OCH3 is 2. The minimum Gasteiger partial charge on any atom is -0.497 e. The van der Waals surface area contributed by atoms with Crippen LogP contribution in [0.5, 0.6) is 11.5 Å². The lowest BCUT2D eigenvalue weighted by Crippen LogP contribution is -2.26. The average Bonchev–Trinajstić information content (AvgIpc) is 3.08. The van der Waals surface area contributed by atoms with Gasteiger partial charge in [-0.05, 0) is 30.3 Å². The second kappa shape index (κ2) is 8.07. The molecule has 1 saturated heterocycles. The minimum absolute atomic E-state index is 0.0658. The molecule has 3 rings (SSSR count). The molecule has 142 valence electrons. The van der Waals surface area contributed by atoms with Gasteiger partial charge in [0.05, 0.1) is 20.1 Å². The molecule has 1 amide bonds. The van der Waals surface area contributed by atoms with Gasteiger partial charge >= 0.3 is 5.97 Å². The maximum atomic E-state index is 13.4. The number of carbonyl (C=O) groups excluding carboxylic acids is 2. The van der Waals surface area contributed by atoms with Gasteiger partial charge in [-0.15, -0.1) is 0 Å². The maximum absolute atomic E-state index is 13.4. The highest BCUT2D eigenvalue weighted by molar-refractivity contribution is 5.99. The first-order chi connectivity index (χ1) is 13.0. The van der Waals surface area contributed by atoms with Crippen LogP contribution in [0.1, 0.15) is 12.0 Å². The summed E-state index contributed by atoms with van der Waals surface area (Å²) in [6.07, 6.45) is 0.0658. The number of rotatable bonds is 6. The lowest BCUT2D eigenvalue weighted by molar-refractivity contribution is -0.149. The fourth-order valence-electron chi connectivity index (χ4n) is 3.02. The van der Waals surface area contributed by atoms with E-state index in [-0.39, 0.29) is 25.5 Å². The summed E-state index contributed by atoms with van der Waals surface area (Å²) in [4.78, 5) is 26.2. The van der Waals surface area contributed by atoms with Crippen molar-refractivity contribution in [3.63, 3.8) is 0 Å². The van der Waals surface area contributed by atoms with Crippen molar-refractivity contribution in [2.75, 3.05) is 25.7 Å². The number of hydrogen-bond donors (Lipinski definition) is 0. The summed E-state index contributed by atoms with van der Waals surface area (Å²) >= 11 is 0. The van der Waals surface area contributed by atoms with Crippen molar-refractivity contribution in [2.45, 2.75) is 13.0 Å². The average molecular weight is 373 g/mol. The van der Waals surface area contributed by atoms with Gasteiger partial charge in [-0.3, -0.25) is 9.59 Å². The molecule has 0 spiro atoms. The number of esters is 1. The number of carbonyl (C=O) groups is 2. The lowest BCUT2D eigenvalue weighted by atomic mass is 10.1. The molecule has 0 aromatic heterocycles.